The van der Waals surface area contributed by atoms with E-state index in [-0.39, 0.29) is 5.91 Å². The first-order valence-corrected chi connectivity index (χ1v) is 6.16. The number of anilines is 1. The van der Waals surface area contributed by atoms with E-state index in [0.29, 0.717) is 13.1 Å². The summed E-state index contributed by atoms with van der Waals surface area (Å²) in [6.45, 7) is 7.42. The third kappa shape index (κ3) is 3.20. The molecule has 1 heterocycles. The molecule has 0 fully saturated rings. The molecule has 1 rings (SSSR count). The minimum Gasteiger partial charge on any atom is -0.358 e. The van der Waals surface area contributed by atoms with Crippen molar-refractivity contribution in [1.82, 2.24) is 10.3 Å². The Morgan fingerprint density at radius 3 is 2.67 bits per heavy atom. The molecule has 1 amide bonds. The summed E-state index contributed by atoms with van der Waals surface area (Å²) in [5, 5.41) is 2.63. The molecular formula is C13H22N4O. The number of nitrogens with two attached hydrogens (primary N) is 1. The number of nitrogens with zero attached hydrogens (tertiary/aromatic N) is 2. The van der Waals surface area contributed by atoms with E-state index in [2.05, 4.69) is 10.3 Å². The van der Waals surface area contributed by atoms with E-state index in [1.54, 1.807) is 7.05 Å². The maximum atomic E-state index is 11.5. The predicted molar refractivity (Wildman–Crippen MR) is 73.6 cm³/mol. The number of hydrogen-bond acceptors (Lipinski definition) is 4. The van der Waals surface area contributed by atoms with Crippen LogP contribution in [0.5, 0.6) is 0 Å². The lowest BCUT2D eigenvalue weighted by atomic mass is 10.1. The average Bonchev–Trinajstić information content (AvgIpc) is 2.34. The van der Waals surface area contributed by atoms with Gasteiger partial charge in [0.2, 0.25) is 5.91 Å². The van der Waals surface area contributed by atoms with Crippen LogP contribution in [0.3, 0.4) is 0 Å². The fourth-order valence-corrected chi connectivity index (χ4v) is 1.95. The van der Waals surface area contributed by atoms with Gasteiger partial charge in [0.05, 0.1) is 6.54 Å². The summed E-state index contributed by atoms with van der Waals surface area (Å²) in [5.74, 6) is 0.793. The monoisotopic (exact) mass is 250 g/mol. The van der Waals surface area contributed by atoms with Crippen LogP contribution in [0.4, 0.5) is 5.82 Å². The summed E-state index contributed by atoms with van der Waals surface area (Å²) >= 11 is 0. The first kappa shape index (κ1) is 14.4. The SMILES string of the molecule is CCN(CC(=O)NC)c1nc(C)cc(C)c1CN. The molecule has 0 aromatic carbocycles. The van der Waals surface area contributed by atoms with Gasteiger partial charge in [-0.15, -0.1) is 0 Å². The second kappa shape index (κ2) is 6.35. The van der Waals surface area contributed by atoms with Gasteiger partial charge in [-0.1, -0.05) is 0 Å². The number of nitrogens with one attached hydrogen (secondary N) is 1. The first-order valence-electron chi connectivity index (χ1n) is 6.16. The number of carbonyl (C=O) groups excluding carboxylic acids is 1. The molecule has 0 saturated carbocycles. The van der Waals surface area contributed by atoms with Crippen molar-refractivity contribution in [2.75, 3.05) is 25.0 Å². The van der Waals surface area contributed by atoms with E-state index in [0.717, 1.165) is 29.2 Å². The van der Waals surface area contributed by atoms with Crippen LogP contribution >= 0.6 is 0 Å². The first-order chi connectivity index (χ1) is 8.53. The van der Waals surface area contributed by atoms with Crippen LogP contribution in [-0.2, 0) is 11.3 Å². The van der Waals surface area contributed by atoms with E-state index in [9.17, 15) is 4.79 Å². The Morgan fingerprint density at radius 2 is 2.17 bits per heavy atom. The van der Waals surface area contributed by atoms with Gasteiger partial charge >= 0.3 is 0 Å². The fraction of sp³-hybridized carbons (Fsp3) is 0.538. The molecular weight excluding hydrogens is 228 g/mol. The summed E-state index contributed by atoms with van der Waals surface area (Å²) in [5.41, 5.74) is 8.86. The largest absolute Gasteiger partial charge is 0.358 e. The lowest BCUT2D eigenvalue weighted by molar-refractivity contribution is -0.119. The van der Waals surface area contributed by atoms with Crippen LogP contribution in [0.1, 0.15) is 23.7 Å². The second-order valence-corrected chi connectivity index (χ2v) is 4.27. The predicted octanol–water partition coefficient (Wildman–Crippen LogP) is 0.729. The molecule has 0 unspecified atom stereocenters. The van der Waals surface area contributed by atoms with Crippen LogP contribution in [0.15, 0.2) is 6.07 Å². The fourth-order valence-electron chi connectivity index (χ4n) is 1.95. The van der Waals surface area contributed by atoms with Crippen molar-refractivity contribution < 1.29 is 4.79 Å². The third-order valence-corrected chi connectivity index (χ3v) is 2.95. The third-order valence-electron chi connectivity index (χ3n) is 2.95. The van der Waals surface area contributed by atoms with E-state index in [1.165, 1.54) is 0 Å². The van der Waals surface area contributed by atoms with Gasteiger partial charge in [0, 0.05) is 31.4 Å². The number of amides is 1. The number of aryl methyl sites for hydroxylation is 2. The number of carbonyl (C=O) groups is 1. The van der Waals surface area contributed by atoms with Crippen molar-refractivity contribution >= 4 is 11.7 Å². The highest BCUT2D eigenvalue weighted by atomic mass is 16.1. The number of aromatic nitrogens is 1. The molecule has 0 aliphatic carbocycles. The second-order valence-electron chi connectivity index (χ2n) is 4.27. The van der Waals surface area contributed by atoms with Gasteiger partial charge in [-0.3, -0.25) is 4.79 Å². The molecule has 0 aliphatic heterocycles. The van der Waals surface area contributed by atoms with Gasteiger partial charge in [0.15, 0.2) is 0 Å². The number of hydrogen-bond donors (Lipinski definition) is 2. The topological polar surface area (TPSA) is 71.2 Å². The molecule has 100 valence electrons. The standard InChI is InChI=1S/C13H22N4O/c1-5-17(8-12(18)15-4)13-11(7-14)9(2)6-10(3)16-13/h6H,5,7-8,14H2,1-4H3,(H,15,18). The Labute approximate surface area is 108 Å². The van der Waals surface area contributed by atoms with Crippen LogP contribution in [0.2, 0.25) is 0 Å². The summed E-state index contributed by atoms with van der Waals surface area (Å²) in [7, 11) is 1.63. The maximum Gasteiger partial charge on any atom is 0.239 e. The average molecular weight is 250 g/mol. The van der Waals surface area contributed by atoms with E-state index in [4.69, 9.17) is 5.73 Å². The Morgan fingerprint density at radius 1 is 1.50 bits per heavy atom. The van der Waals surface area contributed by atoms with Crippen molar-refractivity contribution in [1.29, 1.82) is 0 Å². The number of likely N-dealkylation sites (N-methyl/N-ethyl adjacent to an activating group) is 2. The van der Waals surface area contributed by atoms with Crippen molar-refractivity contribution in [3.05, 3.63) is 22.9 Å². The summed E-state index contributed by atoms with van der Waals surface area (Å²) in [6.07, 6.45) is 0. The highest BCUT2D eigenvalue weighted by molar-refractivity contribution is 5.81. The summed E-state index contributed by atoms with van der Waals surface area (Å²) in [6, 6.07) is 2.01. The molecule has 0 saturated heterocycles. The highest BCUT2D eigenvalue weighted by Gasteiger charge is 2.15. The zero-order valence-electron chi connectivity index (χ0n) is 11.6. The minimum atomic E-state index is -0.0271. The lowest BCUT2D eigenvalue weighted by Gasteiger charge is -2.24. The van der Waals surface area contributed by atoms with Gasteiger partial charge in [-0.25, -0.2) is 4.98 Å². The van der Waals surface area contributed by atoms with Crippen LogP contribution in [-0.4, -0.2) is 31.0 Å². The molecule has 5 nitrogen and oxygen atoms in total. The van der Waals surface area contributed by atoms with E-state index < -0.39 is 0 Å². The molecule has 0 bridgehead atoms. The molecule has 1 aromatic heterocycles. The molecule has 18 heavy (non-hydrogen) atoms. The molecule has 0 spiro atoms. The zero-order chi connectivity index (χ0) is 13.7. The minimum absolute atomic E-state index is 0.0271. The van der Waals surface area contributed by atoms with Gasteiger partial charge in [0.1, 0.15) is 5.82 Å². The van der Waals surface area contributed by atoms with E-state index in [1.807, 2.05) is 31.7 Å². The van der Waals surface area contributed by atoms with Crippen molar-refractivity contribution in [3.8, 4) is 0 Å². The number of pyridine rings is 1. The molecule has 0 aliphatic rings. The van der Waals surface area contributed by atoms with Crippen molar-refractivity contribution in [3.63, 3.8) is 0 Å². The Hall–Kier alpha value is -1.62. The van der Waals surface area contributed by atoms with Crippen molar-refractivity contribution in [2.45, 2.75) is 27.3 Å². The summed E-state index contributed by atoms with van der Waals surface area (Å²) < 4.78 is 0. The molecule has 0 radical (unpaired) electrons. The van der Waals surface area contributed by atoms with Gasteiger partial charge in [-0.05, 0) is 32.4 Å². The van der Waals surface area contributed by atoms with Crippen LogP contribution in [0, 0.1) is 13.8 Å². The molecule has 1 aromatic rings. The Bertz CT molecular complexity index is 431. The smallest absolute Gasteiger partial charge is 0.239 e. The van der Waals surface area contributed by atoms with Gasteiger partial charge in [0.25, 0.3) is 0 Å². The Kier molecular flexibility index (Phi) is 5.09. The zero-order valence-corrected chi connectivity index (χ0v) is 11.6. The van der Waals surface area contributed by atoms with Crippen LogP contribution < -0.4 is 16.0 Å². The summed E-state index contributed by atoms with van der Waals surface area (Å²) in [4.78, 5) is 18.0. The molecule has 5 heteroatoms. The normalized spacial score (nSPS) is 10.3. The number of rotatable bonds is 5. The lowest BCUT2D eigenvalue weighted by Crippen LogP contribution is -2.37. The molecule has 0 atom stereocenters. The Balaban J connectivity index is 3.15. The highest BCUT2D eigenvalue weighted by Crippen LogP contribution is 2.21. The van der Waals surface area contributed by atoms with Crippen molar-refractivity contribution in [2.24, 2.45) is 5.73 Å². The quantitative estimate of drug-likeness (QED) is 0.808. The van der Waals surface area contributed by atoms with Gasteiger partial charge in [-0.2, -0.15) is 0 Å². The maximum absolute atomic E-state index is 11.5. The van der Waals surface area contributed by atoms with Crippen LogP contribution in [0.25, 0.3) is 0 Å². The van der Waals surface area contributed by atoms with E-state index >= 15 is 0 Å². The molecule has 3 N–H and O–H groups in total. The van der Waals surface area contributed by atoms with Gasteiger partial charge < -0.3 is 16.0 Å².